The second kappa shape index (κ2) is 5.12. The molecule has 0 unspecified atom stereocenters. The molecule has 5 nitrogen and oxygen atoms in total. The first-order valence-electron chi connectivity index (χ1n) is 5.67. The molecule has 6 heteroatoms. The van der Waals surface area contributed by atoms with Crippen LogP contribution in [0.25, 0.3) is 11.0 Å². The molecule has 0 aromatic carbocycles. The fourth-order valence-electron chi connectivity index (χ4n) is 1.58. The summed E-state index contributed by atoms with van der Waals surface area (Å²) in [6.45, 7) is 3.43. The van der Waals surface area contributed by atoms with Gasteiger partial charge in [-0.3, -0.25) is 4.79 Å². The average Bonchev–Trinajstić information content (AvgIpc) is 2.79. The van der Waals surface area contributed by atoms with Crippen molar-refractivity contribution in [2.45, 2.75) is 13.8 Å². The quantitative estimate of drug-likeness (QED) is 0.827. The van der Waals surface area contributed by atoms with Gasteiger partial charge in [0.05, 0.1) is 17.6 Å². The third-order valence-electron chi connectivity index (χ3n) is 2.41. The van der Waals surface area contributed by atoms with Crippen LogP contribution in [0.4, 0.5) is 4.39 Å². The molecule has 0 aliphatic rings. The first-order valence-corrected chi connectivity index (χ1v) is 5.67. The summed E-state index contributed by atoms with van der Waals surface area (Å²) in [4.78, 5) is 22.3. The van der Waals surface area contributed by atoms with Crippen molar-refractivity contribution in [2.24, 2.45) is 5.92 Å². The number of alkyl halides is 1. The summed E-state index contributed by atoms with van der Waals surface area (Å²) >= 11 is 0. The molecule has 0 fully saturated rings. The number of carbonyl (C=O) groups excluding carboxylic acids is 1. The minimum Gasteiger partial charge on any atom is -0.477 e. The number of fused-ring (bicyclic) bond motifs is 1. The number of ether oxygens (including phenoxy) is 1. The normalized spacial score (nSPS) is 11.1. The van der Waals surface area contributed by atoms with Gasteiger partial charge in [-0.05, 0) is 5.92 Å². The Labute approximate surface area is 103 Å². The smallest absolute Gasteiger partial charge is 0.226 e. The van der Waals surface area contributed by atoms with E-state index >= 15 is 0 Å². The first kappa shape index (κ1) is 12.5. The minimum atomic E-state index is -1.05. The van der Waals surface area contributed by atoms with Gasteiger partial charge in [-0.1, -0.05) is 13.8 Å². The zero-order valence-corrected chi connectivity index (χ0v) is 10.2. The third kappa shape index (κ3) is 2.32. The molecule has 0 saturated carbocycles. The number of ketones is 1. The van der Waals surface area contributed by atoms with Crippen LogP contribution in [0.1, 0.15) is 24.2 Å². The Morgan fingerprint density at radius 3 is 2.94 bits per heavy atom. The molecule has 96 valence electrons. The standard InChI is InChI=1S/C12H14FN3O2/c1-7(2)5-18-12-10-8(9(17)3-13)4-14-11(10)15-6-16-12/h4,6-7H,3,5H2,1-2H3,(H,14,15,16). The molecule has 2 heterocycles. The lowest BCUT2D eigenvalue weighted by molar-refractivity contribution is 0.0960. The summed E-state index contributed by atoms with van der Waals surface area (Å²) in [5.74, 6) is 0.0338. The Morgan fingerprint density at radius 2 is 2.28 bits per heavy atom. The van der Waals surface area contributed by atoms with E-state index in [0.29, 0.717) is 29.4 Å². The largest absolute Gasteiger partial charge is 0.477 e. The van der Waals surface area contributed by atoms with E-state index in [2.05, 4.69) is 15.0 Å². The van der Waals surface area contributed by atoms with Crippen molar-refractivity contribution in [3.63, 3.8) is 0 Å². The number of hydrogen-bond acceptors (Lipinski definition) is 4. The fraction of sp³-hybridized carbons (Fsp3) is 0.417. The maximum Gasteiger partial charge on any atom is 0.226 e. The number of nitrogens with zero attached hydrogens (tertiary/aromatic N) is 2. The molecule has 2 aromatic rings. The van der Waals surface area contributed by atoms with Crippen molar-refractivity contribution in [2.75, 3.05) is 13.3 Å². The number of rotatable bonds is 5. The maximum atomic E-state index is 12.5. The van der Waals surface area contributed by atoms with Crippen LogP contribution in [0.15, 0.2) is 12.5 Å². The summed E-state index contributed by atoms with van der Waals surface area (Å²) in [5.41, 5.74) is 0.701. The van der Waals surface area contributed by atoms with Gasteiger partial charge in [0, 0.05) is 6.20 Å². The van der Waals surface area contributed by atoms with E-state index in [-0.39, 0.29) is 5.56 Å². The van der Waals surface area contributed by atoms with E-state index in [1.54, 1.807) is 0 Å². The molecule has 2 aromatic heterocycles. The molecule has 0 atom stereocenters. The molecule has 0 aliphatic heterocycles. The second-order valence-corrected chi connectivity index (χ2v) is 4.37. The van der Waals surface area contributed by atoms with Gasteiger partial charge < -0.3 is 9.72 Å². The predicted molar refractivity (Wildman–Crippen MR) is 64.5 cm³/mol. The van der Waals surface area contributed by atoms with Gasteiger partial charge >= 0.3 is 0 Å². The maximum absolute atomic E-state index is 12.5. The van der Waals surface area contributed by atoms with Crippen molar-refractivity contribution in [1.29, 1.82) is 0 Å². The molecule has 2 rings (SSSR count). The van der Waals surface area contributed by atoms with Gasteiger partial charge in [0.25, 0.3) is 0 Å². The molecule has 0 amide bonds. The van der Waals surface area contributed by atoms with Crippen molar-refractivity contribution < 1.29 is 13.9 Å². The fourth-order valence-corrected chi connectivity index (χ4v) is 1.58. The molecular formula is C12H14FN3O2. The molecule has 1 N–H and O–H groups in total. The highest BCUT2D eigenvalue weighted by molar-refractivity contribution is 6.09. The van der Waals surface area contributed by atoms with Crippen LogP contribution in [0.3, 0.4) is 0 Å². The molecule has 0 spiro atoms. The van der Waals surface area contributed by atoms with Crippen molar-refractivity contribution in [3.8, 4) is 5.88 Å². The van der Waals surface area contributed by atoms with Gasteiger partial charge in [0.15, 0.2) is 12.5 Å². The lowest BCUT2D eigenvalue weighted by atomic mass is 10.1. The van der Waals surface area contributed by atoms with Gasteiger partial charge in [-0.25, -0.2) is 14.4 Å². The van der Waals surface area contributed by atoms with Gasteiger partial charge in [-0.2, -0.15) is 0 Å². The van der Waals surface area contributed by atoms with E-state index in [9.17, 15) is 9.18 Å². The van der Waals surface area contributed by atoms with E-state index < -0.39 is 12.5 Å². The van der Waals surface area contributed by atoms with Crippen LogP contribution in [0.5, 0.6) is 5.88 Å². The average molecular weight is 251 g/mol. The number of halogens is 1. The third-order valence-corrected chi connectivity index (χ3v) is 2.41. The topological polar surface area (TPSA) is 67.9 Å². The summed E-state index contributed by atoms with van der Waals surface area (Å²) in [6.07, 6.45) is 2.78. The van der Waals surface area contributed by atoms with E-state index in [1.807, 2.05) is 13.8 Å². The summed E-state index contributed by atoms with van der Waals surface area (Å²) in [6, 6.07) is 0. The van der Waals surface area contributed by atoms with Crippen LogP contribution in [0.2, 0.25) is 0 Å². The molecule has 0 saturated heterocycles. The van der Waals surface area contributed by atoms with E-state index in [4.69, 9.17) is 4.74 Å². The highest BCUT2D eigenvalue weighted by Gasteiger charge is 2.17. The van der Waals surface area contributed by atoms with Crippen LogP contribution < -0.4 is 4.74 Å². The zero-order valence-electron chi connectivity index (χ0n) is 10.2. The number of aromatic nitrogens is 3. The van der Waals surface area contributed by atoms with Gasteiger partial charge in [-0.15, -0.1) is 0 Å². The lowest BCUT2D eigenvalue weighted by Gasteiger charge is -2.08. The first-order chi connectivity index (χ1) is 8.63. The minimum absolute atomic E-state index is 0.229. The monoisotopic (exact) mass is 251 g/mol. The van der Waals surface area contributed by atoms with E-state index in [1.165, 1.54) is 12.5 Å². The van der Waals surface area contributed by atoms with Crippen molar-refractivity contribution >= 4 is 16.8 Å². The second-order valence-electron chi connectivity index (χ2n) is 4.37. The van der Waals surface area contributed by atoms with Gasteiger partial charge in [0.2, 0.25) is 5.88 Å². The van der Waals surface area contributed by atoms with Gasteiger partial charge in [0.1, 0.15) is 12.0 Å². The Kier molecular flexibility index (Phi) is 3.55. The zero-order chi connectivity index (χ0) is 13.1. The Morgan fingerprint density at radius 1 is 1.50 bits per heavy atom. The number of Topliss-reactive ketones (excluding diaryl/α,β-unsaturated/α-hetero) is 1. The number of nitrogens with one attached hydrogen (secondary N) is 1. The van der Waals surface area contributed by atoms with Crippen LogP contribution in [-0.4, -0.2) is 34.0 Å². The SMILES string of the molecule is CC(C)COc1ncnc2[nH]cc(C(=O)CF)c12. The van der Waals surface area contributed by atoms with Crippen molar-refractivity contribution in [1.82, 2.24) is 15.0 Å². The molecule has 0 radical (unpaired) electrons. The molecule has 0 aliphatic carbocycles. The molecular weight excluding hydrogens is 237 g/mol. The highest BCUT2D eigenvalue weighted by atomic mass is 19.1. The number of carbonyl (C=O) groups is 1. The van der Waals surface area contributed by atoms with Crippen LogP contribution in [0, 0.1) is 5.92 Å². The Hall–Kier alpha value is -1.98. The van der Waals surface area contributed by atoms with Crippen molar-refractivity contribution in [3.05, 3.63) is 18.1 Å². The molecule has 0 bridgehead atoms. The Balaban J connectivity index is 2.45. The Bertz CT molecular complexity index is 565. The highest BCUT2D eigenvalue weighted by Crippen LogP contribution is 2.25. The summed E-state index contributed by atoms with van der Waals surface area (Å²) < 4.78 is 18.0. The number of H-pyrrole nitrogens is 1. The summed E-state index contributed by atoms with van der Waals surface area (Å²) in [5, 5.41) is 0.445. The van der Waals surface area contributed by atoms with E-state index in [0.717, 1.165) is 0 Å². The number of aromatic amines is 1. The van der Waals surface area contributed by atoms with Crippen LogP contribution >= 0.6 is 0 Å². The predicted octanol–water partition coefficient (Wildman–Crippen LogP) is 2.14. The lowest BCUT2D eigenvalue weighted by Crippen LogP contribution is -2.07. The van der Waals surface area contributed by atoms with Crippen LogP contribution in [-0.2, 0) is 0 Å². The molecule has 18 heavy (non-hydrogen) atoms. The number of hydrogen-bond donors (Lipinski definition) is 1. The summed E-state index contributed by atoms with van der Waals surface area (Å²) in [7, 11) is 0.